The Bertz CT molecular complexity index is 506. The van der Waals surface area contributed by atoms with Crippen molar-refractivity contribution in [2.24, 2.45) is 0 Å². The number of hydrogen-bond acceptors (Lipinski definition) is 2. The first-order valence-electron chi connectivity index (χ1n) is 11.5. The minimum absolute atomic E-state index is 0.116. The Kier molecular flexibility index (Phi) is 15.4. The lowest BCUT2D eigenvalue weighted by molar-refractivity contribution is 0.0255. The van der Waals surface area contributed by atoms with Gasteiger partial charge in [-0.05, 0) is 69.9 Å². The molecule has 1 aromatic carbocycles. The molecule has 0 aromatic heterocycles. The lowest BCUT2D eigenvalue weighted by atomic mass is 10.0. The van der Waals surface area contributed by atoms with Crippen LogP contribution in [0.2, 0.25) is 0 Å². The summed E-state index contributed by atoms with van der Waals surface area (Å²) >= 11 is 0. The molecule has 0 spiro atoms. The van der Waals surface area contributed by atoms with Crippen LogP contribution in [0.15, 0.2) is 54.6 Å². The third kappa shape index (κ3) is 12.8. The van der Waals surface area contributed by atoms with Gasteiger partial charge in [0.05, 0.1) is 6.10 Å². The second-order valence-electron chi connectivity index (χ2n) is 7.63. The van der Waals surface area contributed by atoms with Gasteiger partial charge in [0.15, 0.2) is 0 Å². The molecule has 0 aliphatic carbocycles. The second-order valence-corrected chi connectivity index (χ2v) is 7.63. The number of unbranched alkanes of at least 4 members (excludes halogenated alkanes) is 6. The molecule has 1 N–H and O–H groups in total. The molecule has 28 heavy (non-hydrogen) atoms. The minimum atomic E-state index is -0.412. The Morgan fingerprint density at radius 1 is 0.750 bits per heavy atom. The number of ether oxygens (including phenoxy) is 1. The highest BCUT2D eigenvalue weighted by molar-refractivity contribution is 5.21. The van der Waals surface area contributed by atoms with Gasteiger partial charge in [0, 0.05) is 0 Å². The molecular formula is C26H42O2. The zero-order valence-electron chi connectivity index (χ0n) is 18.2. The molecule has 158 valence electrons. The first-order valence-corrected chi connectivity index (χ1v) is 11.5. The fraction of sp³-hybridized carbons (Fsp3) is 0.615. The fourth-order valence-electron chi connectivity index (χ4n) is 3.18. The molecule has 1 aromatic rings. The Morgan fingerprint density at radius 3 is 1.93 bits per heavy atom. The molecule has 0 aliphatic rings. The molecule has 0 saturated heterocycles. The first kappa shape index (κ1) is 24.5. The third-order valence-corrected chi connectivity index (χ3v) is 4.98. The summed E-state index contributed by atoms with van der Waals surface area (Å²) in [6.07, 6.45) is 22.1. The van der Waals surface area contributed by atoms with Crippen LogP contribution in [0.1, 0.15) is 90.9 Å². The van der Waals surface area contributed by atoms with E-state index in [-0.39, 0.29) is 6.10 Å². The quantitative estimate of drug-likeness (QED) is 0.220. The van der Waals surface area contributed by atoms with Gasteiger partial charge in [-0.3, -0.25) is 0 Å². The topological polar surface area (TPSA) is 29.5 Å². The van der Waals surface area contributed by atoms with Gasteiger partial charge >= 0.3 is 0 Å². The van der Waals surface area contributed by atoms with Crippen LogP contribution >= 0.6 is 0 Å². The highest BCUT2D eigenvalue weighted by Gasteiger charge is 2.19. The standard InChI is InChI=1S/C26H42O2/c1-3-5-7-8-9-10-11-12-13-14-15-19-22-25(27)26(23-6-4-2)28-24-20-17-16-18-21-24/h8-9,14-18,20-21,25-27H,3-7,10-13,19,22-23H2,1-2H3/b9-8-,15-14-. The summed E-state index contributed by atoms with van der Waals surface area (Å²) in [5.41, 5.74) is 0. The van der Waals surface area contributed by atoms with Gasteiger partial charge in [-0.25, -0.2) is 0 Å². The van der Waals surface area contributed by atoms with Crippen LogP contribution in [0.3, 0.4) is 0 Å². The lowest BCUT2D eigenvalue weighted by Crippen LogP contribution is -2.31. The normalized spacial score (nSPS) is 14.0. The summed E-state index contributed by atoms with van der Waals surface area (Å²) in [4.78, 5) is 0. The first-order chi connectivity index (χ1) is 13.8. The molecule has 2 heteroatoms. The van der Waals surface area contributed by atoms with Crippen molar-refractivity contribution in [3.63, 3.8) is 0 Å². The van der Waals surface area contributed by atoms with E-state index in [0.717, 1.165) is 44.3 Å². The average Bonchev–Trinajstić information content (AvgIpc) is 2.72. The molecule has 0 amide bonds. The van der Waals surface area contributed by atoms with E-state index in [0.29, 0.717) is 0 Å². The Balaban J connectivity index is 2.19. The van der Waals surface area contributed by atoms with Crippen LogP contribution in [0.4, 0.5) is 0 Å². The van der Waals surface area contributed by atoms with E-state index in [1.165, 1.54) is 38.5 Å². The largest absolute Gasteiger partial charge is 0.488 e. The smallest absolute Gasteiger partial charge is 0.124 e. The average molecular weight is 387 g/mol. The van der Waals surface area contributed by atoms with Crippen molar-refractivity contribution in [3.8, 4) is 5.75 Å². The summed E-state index contributed by atoms with van der Waals surface area (Å²) in [5.74, 6) is 0.849. The molecule has 0 radical (unpaired) electrons. The summed E-state index contributed by atoms with van der Waals surface area (Å²) in [6, 6.07) is 9.86. The molecule has 2 unspecified atom stereocenters. The predicted octanol–water partition coefficient (Wildman–Crippen LogP) is 7.63. The van der Waals surface area contributed by atoms with E-state index in [9.17, 15) is 5.11 Å². The SMILES string of the molecule is CCCC/C=C\CCCC/C=C\CCC(O)C(CCCC)Oc1ccccc1. The highest BCUT2D eigenvalue weighted by atomic mass is 16.5. The van der Waals surface area contributed by atoms with Crippen LogP contribution in [0.5, 0.6) is 5.75 Å². The van der Waals surface area contributed by atoms with Gasteiger partial charge in [-0.2, -0.15) is 0 Å². The van der Waals surface area contributed by atoms with Crippen molar-refractivity contribution in [2.75, 3.05) is 0 Å². The van der Waals surface area contributed by atoms with Gasteiger partial charge in [0.2, 0.25) is 0 Å². The van der Waals surface area contributed by atoms with Crippen molar-refractivity contribution in [1.29, 1.82) is 0 Å². The fourth-order valence-corrected chi connectivity index (χ4v) is 3.18. The lowest BCUT2D eigenvalue weighted by Gasteiger charge is -2.24. The maximum absolute atomic E-state index is 10.6. The van der Waals surface area contributed by atoms with Crippen LogP contribution in [-0.4, -0.2) is 17.3 Å². The number of allylic oxidation sites excluding steroid dienone is 4. The zero-order chi connectivity index (χ0) is 20.3. The van der Waals surface area contributed by atoms with Gasteiger partial charge in [0.25, 0.3) is 0 Å². The molecule has 2 atom stereocenters. The highest BCUT2D eigenvalue weighted by Crippen LogP contribution is 2.19. The maximum atomic E-state index is 10.6. The van der Waals surface area contributed by atoms with Crippen LogP contribution in [0.25, 0.3) is 0 Å². The molecule has 0 bridgehead atoms. The number of aliphatic hydroxyl groups is 1. The number of aliphatic hydroxyl groups excluding tert-OH is 1. The van der Waals surface area contributed by atoms with Crippen molar-refractivity contribution in [2.45, 2.75) is 103 Å². The van der Waals surface area contributed by atoms with E-state index in [1.807, 2.05) is 30.3 Å². The van der Waals surface area contributed by atoms with E-state index in [2.05, 4.69) is 38.2 Å². The van der Waals surface area contributed by atoms with E-state index in [4.69, 9.17) is 4.74 Å². The maximum Gasteiger partial charge on any atom is 0.124 e. The zero-order valence-corrected chi connectivity index (χ0v) is 18.2. The van der Waals surface area contributed by atoms with Gasteiger partial charge in [-0.1, -0.05) is 75.6 Å². The molecule has 2 nitrogen and oxygen atoms in total. The van der Waals surface area contributed by atoms with Crippen molar-refractivity contribution in [3.05, 3.63) is 54.6 Å². The molecule has 0 heterocycles. The summed E-state index contributed by atoms with van der Waals surface area (Å²) < 4.78 is 6.06. The summed E-state index contributed by atoms with van der Waals surface area (Å²) in [6.45, 7) is 4.41. The van der Waals surface area contributed by atoms with Crippen molar-refractivity contribution >= 4 is 0 Å². The van der Waals surface area contributed by atoms with Crippen molar-refractivity contribution < 1.29 is 9.84 Å². The Hall–Kier alpha value is -1.54. The number of benzene rings is 1. The van der Waals surface area contributed by atoms with Crippen LogP contribution in [-0.2, 0) is 0 Å². The Morgan fingerprint density at radius 2 is 1.32 bits per heavy atom. The Labute approximate surface area is 173 Å². The molecule has 0 aliphatic heterocycles. The predicted molar refractivity (Wildman–Crippen MR) is 122 cm³/mol. The molecule has 1 rings (SSSR count). The van der Waals surface area contributed by atoms with Crippen molar-refractivity contribution in [1.82, 2.24) is 0 Å². The molecule has 0 saturated carbocycles. The van der Waals surface area contributed by atoms with Crippen LogP contribution < -0.4 is 4.74 Å². The second kappa shape index (κ2) is 17.6. The number of hydrogen-bond donors (Lipinski definition) is 1. The molecular weight excluding hydrogens is 344 g/mol. The minimum Gasteiger partial charge on any atom is -0.488 e. The monoisotopic (exact) mass is 386 g/mol. The summed E-state index contributed by atoms with van der Waals surface area (Å²) in [7, 11) is 0. The van der Waals surface area contributed by atoms with Gasteiger partial charge in [-0.15, -0.1) is 0 Å². The van der Waals surface area contributed by atoms with E-state index < -0.39 is 6.10 Å². The van der Waals surface area contributed by atoms with Gasteiger partial charge < -0.3 is 9.84 Å². The number of rotatable bonds is 17. The van der Waals surface area contributed by atoms with Crippen LogP contribution in [0, 0.1) is 0 Å². The number of para-hydroxylation sites is 1. The summed E-state index contributed by atoms with van der Waals surface area (Å²) in [5, 5.41) is 10.6. The van der Waals surface area contributed by atoms with E-state index in [1.54, 1.807) is 0 Å². The van der Waals surface area contributed by atoms with Gasteiger partial charge in [0.1, 0.15) is 11.9 Å². The third-order valence-electron chi connectivity index (χ3n) is 4.98. The van der Waals surface area contributed by atoms with E-state index >= 15 is 0 Å². The molecule has 0 fully saturated rings.